The fourth-order valence-electron chi connectivity index (χ4n) is 1.17. The molecule has 0 saturated carbocycles. The summed E-state index contributed by atoms with van der Waals surface area (Å²) in [4.78, 5) is 4.02. The molecule has 1 nitrogen and oxygen atoms in total. The van der Waals surface area contributed by atoms with Crippen molar-refractivity contribution in [1.82, 2.24) is 0 Å². The summed E-state index contributed by atoms with van der Waals surface area (Å²) in [5.41, 5.74) is 0.0832. The standard InChI is InChI=1S/C13H20F3N/c1-6-12(11(5)13(14,15)16)17-10(4)8-7-9(2)3/h7-9H,6H2,1-5H3/b8-7-,12-11?,17-10?. The monoisotopic (exact) mass is 247 g/mol. The Bertz CT molecular complexity index is 333. The van der Waals surface area contributed by atoms with E-state index in [4.69, 9.17) is 0 Å². The van der Waals surface area contributed by atoms with E-state index in [-0.39, 0.29) is 12.1 Å². The first-order valence-corrected chi connectivity index (χ1v) is 5.68. The Morgan fingerprint density at radius 2 is 1.76 bits per heavy atom. The highest BCUT2D eigenvalue weighted by Gasteiger charge is 2.32. The third-order valence-corrected chi connectivity index (χ3v) is 2.23. The Morgan fingerprint density at radius 1 is 1.24 bits per heavy atom. The van der Waals surface area contributed by atoms with Crippen molar-refractivity contribution in [3.05, 3.63) is 23.4 Å². The Balaban J connectivity index is 5.12. The summed E-state index contributed by atoms with van der Waals surface area (Å²) in [5, 5.41) is 0. The van der Waals surface area contributed by atoms with Gasteiger partial charge in [0.1, 0.15) is 0 Å². The normalized spacial score (nSPS) is 15.7. The van der Waals surface area contributed by atoms with Gasteiger partial charge in [0, 0.05) is 11.4 Å². The van der Waals surface area contributed by atoms with Gasteiger partial charge >= 0.3 is 6.18 Å². The van der Waals surface area contributed by atoms with Gasteiger partial charge < -0.3 is 0 Å². The summed E-state index contributed by atoms with van der Waals surface area (Å²) in [6, 6.07) is 0. The van der Waals surface area contributed by atoms with Gasteiger partial charge in [-0.15, -0.1) is 0 Å². The lowest BCUT2D eigenvalue weighted by Gasteiger charge is -2.10. The Labute approximate surface area is 101 Å². The lowest BCUT2D eigenvalue weighted by molar-refractivity contribution is -0.0923. The Morgan fingerprint density at radius 3 is 2.12 bits per heavy atom. The molecule has 0 amide bonds. The minimum absolute atomic E-state index is 0.100. The van der Waals surface area contributed by atoms with Gasteiger partial charge in [-0.3, -0.25) is 4.99 Å². The first kappa shape index (κ1) is 15.9. The van der Waals surface area contributed by atoms with Gasteiger partial charge in [0.2, 0.25) is 0 Å². The van der Waals surface area contributed by atoms with Crippen molar-refractivity contribution in [2.75, 3.05) is 0 Å². The lowest BCUT2D eigenvalue weighted by Crippen LogP contribution is -2.11. The SMILES string of the molecule is CCC(N=C(C)/C=C\C(C)C)=C(C)C(F)(F)F. The van der Waals surface area contributed by atoms with E-state index in [1.54, 1.807) is 19.9 Å². The van der Waals surface area contributed by atoms with E-state index >= 15 is 0 Å². The summed E-state index contributed by atoms with van der Waals surface area (Å²) in [6.07, 6.45) is -0.353. The Hall–Kier alpha value is -1.06. The number of hydrogen-bond donors (Lipinski definition) is 0. The fourth-order valence-corrected chi connectivity index (χ4v) is 1.17. The van der Waals surface area contributed by atoms with Crippen LogP contribution < -0.4 is 0 Å². The molecular formula is C13H20F3N. The summed E-state index contributed by atoms with van der Waals surface area (Å²) in [7, 11) is 0. The first-order chi connectivity index (χ1) is 7.68. The van der Waals surface area contributed by atoms with Crippen LogP contribution in [-0.4, -0.2) is 11.9 Å². The van der Waals surface area contributed by atoms with Crippen LogP contribution in [0.3, 0.4) is 0 Å². The third-order valence-electron chi connectivity index (χ3n) is 2.23. The molecule has 0 N–H and O–H groups in total. The van der Waals surface area contributed by atoms with Crippen LogP contribution in [0.25, 0.3) is 0 Å². The maximum Gasteiger partial charge on any atom is 0.414 e. The predicted molar refractivity (Wildman–Crippen MR) is 66.1 cm³/mol. The third kappa shape index (κ3) is 6.29. The molecule has 0 fully saturated rings. The molecule has 0 aromatic heterocycles. The van der Waals surface area contributed by atoms with Gasteiger partial charge in [0.05, 0.1) is 5.57 Å². The molecule has 4 heteroatoms. The quantitative estimate of drug-likeness (QED) is 0.626. The van der Waals surface area contributed by atoms with Crippen molar-refractivity contribution < 1.29 is 13.2 Å². The summed E-state index contributed by atoms with van der Waals surface area (Å²) in [6.45, 7) is 8.45. The predicted octanol–water partition coefficient (Wildman–Crippen LogP) is 4.91. The number of aliphatic imine (C=N–C) groups is 1. The van der Waals surface area contributed by atoms with Gasteiger partial charge in [0.25, 0.3) is 0 Å². The molecule has 0 atom stereocenters. The van der Waals surface area contributed by atoms with Crippen molar-refractivity contribution in [3.8, 4) is 0 Å². The highest BCUT2D eigenvalue weighted by atomic mass is 19.4. The molecule has 0 bridgehead atoms. The molecule has 0 aliphatic rings. The zero-order valence-corrected chi connectivity index (χ0v) is 11.0. The highest BCUT2D eigenvalue weighted by molar-refractivity contribution is 5.93. The van der Waals surface area contributed by atoms with Crippen LogP contribution in [0.15, 0.2) is 28.4 Å². The number of rotatable bonds is 4. The van der Waals surface area contributed by atoms with Gasteiger partial charge in [-0.1, -0.05) is 26.8 Å². The molecule has 17 heavy (non-hydrogen) atoms. The largest absolute Gasteiger partial charge is 0.414 e. The van der Waals surface area contributed by atoms with E-state index in [1.807, 2.05) is 19.9 Å². The number of hydrogen-bond acceptors (Lipinski definition) is 1. The average molecular weight is 247 g/mol. The smallest absolute Gasteiger partial charge is 0.258 e. The zero-order valence-electron chi connectivity index (χ0n) is 11.0. The van der Waals surface area contributed by atoms with Gasteiger partial charge in [0.15, 0.2) is 0 Å². The average Bonchev–Trinajstić information content (AvgIpc) is 2.20. The van der Waals surface area contributed by atoms with E-state index in [2.05, 4.69) is 4.99 Å². The summed E-state index contributed by atoms with van der Waals surface area (Å²) < 4.78 is 37.5. The van der Waals surface area contributed by atoms with Crippen molar-refractivity contribution in [3.63, 3.8) is 0 Å². The molecule has 0 unspecified atom stereocenters. The number of alkyl halides is 3. The van der Waals surface area contributed by atoms with E-state index in [0.29, 0.717) is 11.6 Å². The molecule has 0 aliphatic carbocycles. The van der Waals surface area contributed by atoms with Crippen molar-refractivity contribution in [2.24, 2.45) is 10.9 Å². The summed E-state index contributed by atoms with van der Waals surface area (Å²) >= 11 is 0. The first-order valence-electron chi connectivity index (χ1n) is 5.68. The minimum Gasteiger partial charge on any atom is -0.258 e. The molecular weight excluding hydrogens is 227 g/mol. The number of nitrogens with zero attached hydrogens (tertiary/aromatic N) is 1. The van der Waals surface area contributed by atoms with Crippen LogP contribution in [0.1, 0.15) is 41.0 Å². The summed E-state index contributed by atoms with van der Waals surface area (Å²) in [5.74, 6) is 0.359. The van der Waals surface area contributed by atoms with E-state index in [1.165, 1.54) is 0 Å². The van der Waals surface area contributed by atoms with Crippen LogP contribution in [0.5, 0.6) is 0 Å². The Kier molecular flexibility index (Phi) is 6.21. The molecule has 0 aromatic carbocycles. The maximum absolute atomic E-state index is 12.5. The molecule has 0 saturated heterocycles. The second-order valence-electron chi connectivity index (χ2n) is 4.28. The molecule has 0 aliphatic heterocycles. The molecule has 0 heterocycles. The maximum atomic E-state index is 12.5. The van der Waals surface area contributed by atoms with Crippen LogP contribution in [-0.2, 0) is 0 Å². The van der Waals surface area contributed by atoms with E-state index < -0.39 is 11.7 Å². The molecule has 0 rings (SSSR count). The van der Waals surface area contributed by atoms with Crippen molar-refractivity contribution in [2.45, 2.75) is 47.2 Å². The van der Waals surface area contributed by atoms with Crippen LogP contribution in [0.4, 0.5) is 13.2 Å². The number of allylic oxidation sites excluding steroid dienone is 4. The topological polar surface area (TPSA) is 12.4 Å². The minimum atomic E-state index is -4.29. The number of halogens is 3. The van der Waals surface area contributed by atoms with Crippen molar-refractivity contribution in [1.29, 1.82) is 0 Å². The molecule has 98 valence electrons. The van der Waals surface area contributed by atoms with Crippen molar-refractivity contribution >= 4 is 5.71 Å². The van der Waals surface area contributed by atoms with Crippen LogP contribution >= 0.6 is 0 Å². The second kappa shape index (κ2) is 6.62. The van der Waals surface area contributed by atoms with E-state index in [0.717, 1.165) is 6.92 Å². The molecule has 0 radical (unpaired) electrons. The molecule has 0 aromatic rings. The lowest BCUT2D eigenvalue weighted by atomic mass is 10.1. The molecule has 0 spiro atoms. The van der Waals surface area contributed by atoms with Gasteiger partial charge in [-0.25, -0.2) is 0 Å². The fraction of sp³-hybridized carbons (Fsp3) is 0.615. The zero-order chi connectivity index (χ0) is 13.6. The van der Waals surface area contributed by atoms with Crippen LogP contribution in [0.2, 0.25) is 0 Å². The van der Waals surface area contributed by atoms with Gasteiger partial charge in [-0.2, -0.15) is 13.2 Å². The van der Waals surface area contributed by atoms with Gasteiger partial charge in [-0.05, 0) is 32.3 Å². The highest BCUT2D eigenvalue weighted by Crippen LogP contribution is 2.29. The second-order valence-corrected chi connectivity index (χ2v) is 4.28. The van der Waals surface area contributed by atoms with E-state index in [9.17, 15) is 13.2 Å². The van der Waals surface area contributed by atoms with Crippen LogP contribution in [0, 0.1) is 5.92 Å².